The largest absolute Gasteiger partial charge is 0.481 e. The van der Waals surface area contributed by atoms with Crippen LogP contribution in [0.1, 0.15) is 62.8 Å². The monoisotopic (exact) mass is 582 g/mol. The van der Waals surface area contributed by atoms with Gasteiger partial charge in [-0.15, -0.1) is 0 Å². The summed E-state index contributed by atoms with van der Waals surface area (Å²) in [6, 6.07) is 12.4. The number of rotatable bonds is 9. The zero-order chi connectivity index (χ0) is 27.6. The number of nitrogens with zero attached hydrogens (tertiary/aromatic N) is 2. The Hall–Kier alpha value is -2.17. The van der Waals surface area contributed by atoms with E-state index in [0.29, 0.717) is 34.1 Å². The summed E-state index contributed by atoms with van der Waals surface area (Å²) in [4.78, 5) is 27.1. The smallest absolute Gasteiger partial charge is 0.306 e. The van der Waals surface area contributed by atoms with Crippen molar-refractivity contribution in [3.63, 3.8) is 0 Å². The normalized spacial score (nSPS) is 25.5. The van der Waals surface area contributed by atoms with Crippen molar-refractivity contribution >= 4 is 45.1 Å². The van der Waals surface area contributed by atoms with Crippen LogP contribution < -0.4 is 0 Å². The number of hydrogen-bond acceptors (Lipinski definition) is 5. The molecular formula is C27H32Cl2N2O6S. The molecule has 1 amide bonds. The number of carboxylic acids is 1. The second kappa shape index (κ2) is 11.9. The van der Waals surface area contributed by atoms with Crippen molar-refractivity contribution in [2.45, 2.75) is 69.9 Å². The van der Waals surface area contributed by atoms with Gasteiger partial charge in [0.25, 0.3) is 5.91 Å². The maximum absolute atomic E-state index is 13.9. The minimum atomic E-state index is -3.69. The van der Waals surface area contributed by atoms with Gasteiger partial charge in [-0.2, -0.15) is 4.31 Å². The zero-order valence-electron chi connectivity index (χ0n) is 21.3. The Morgan fingerprint density at radius 2 is 1.84 bits per heavy atom. The van der Waals surface area contributed by atoms with Gasteiger partial charge in [0.1, 0.15) is 12.2 Å². The van der Waals surface area contributed by atoms with Crippen LogP contribution in [0.25, 0.3) is 0 Å². The Morgan fingerprint density at radius 3 is 2.42 bits per heavy atom. The lowest BCUT2D eigenvalue weighted by molar-refractivity contribution is -0.182. The van der Waals surface area contributed by atoms with Crippen LogP contribution in [0.15, 0.2) is 48.5 Å². The summed E-state index contributed by atoms with van der Waals surface area (Å²) < 4.78 is 34.8. The predicted octanol–water partition coefficient (Wildman–Crippen LogP) is 5.07. The lowest BCUT2D eigenvalue weighted by Gasteiger charge is -2.48. The molecule has 206 valence electrons. The molecule has 2 fully saturated rings. The molecule has 0 unspecified atom stereocenters. The summed E-state index contributed by atoms with van der Waals surface area (Å²) >= 11 is 12.4. The Labute approximate surface area is 233 Å². The van der Waals surface area contributed by atoms with Crippen LogP contribution in [0.3, 0.4) is 0 Å². The molecule has 2 aromatic rings. The third-order valence-electron chi connectivity index (χ3n) is 7.29. The molecule has 2 aliphatic rings. The van der Waals surface area contributed by atoms with E-state index >= 15 is 0 Å². The number of morpholine rings is 1. The first-order valence-corrected chi connectivity index (χ1v) is 15.1. The van der Waals surface area contributed by atoms with Crippen LogP contribution >= 0.6 is 23.2 Å². The van der Waals surface area contributed by atoms with E-state index in [1.165, 1.54) is 9.21 Å². The van der Waals surface area contributed by atoms with E-state index in [1.54, 1.807) is 48.5 Å². The maximum atomic E-state index is 13.9. The topological polar surface area (TPSA) is 104 Å². The number of aliphatic carboxylic acids is 1. The number of benzene rings is 2. The van der Waals surface area contributed by atoms with Crippen LogP contribution in [0.2, 0.25) is 10.0 Å². The highest BCUT2D eigenvalue weighted by atomic mass is 35.5. The number of hydrogen-bond donors (Lipinski definition) is 1. The van der Waals surface area contributed by atoms with Gasteiger partial charge in [-0.1, -0.05) is 54.4 Å². The van der Waals surface area contributed by atoms with Gasteiger partial charge in [0.15, 0.2) is 0 Å². The fraction of sp³-hybridized carbons (Fsp3) is 0.481. The molecule has 0 aliphatic carbocycles. The molecule has 5 atom stereocenters. The van der Waals surface area contributed by atoms with E-state index in [1.807, 2.05) is 13.8 Å². The molecule has 2 heterocycles. The quantitative estimate of drug-likeness (QED) is 0.442. The first-order chi connectivity index (χ1) is 18.0. The maximum Gasteiger partial charge on any atom is 0.306 e. The molecule has 0 radical (unpaired) electrons. The Bertz CT molecular complexity index is 1270. The minimum absolute atomic E-state index is 0.107. The van der Waals surface area contributed by atoms with Gasteiger partial charge < -0.3 is 14.7 Å². The van der Waals surface area contributed by atoms with Gasteiger partial charge in [-0.25, -0.2) is 8.42 Å². The van der Waals surface area contributed by atoms with Crippen LogP contribution in [0, 0.1) is 0 Å². The number of halogens is 2. The third-order valence-corrected chi connectivity index (χ3v) is 9.84. The molecule has 2 aliphatic heterocycles. The number of amides is 1. The molecule has 1 N–H and O–H groups in total. The van der Waals surface area contributed by atoms with Gasteiger partial charge >= 0.3 is 5.97 Å². The summed E-state index contributed by atoms with van der Waals surface area (Å²) in [5.41, 5.74) is 1.34. The molecule has 38 heavy (non-hydrogen) atoms. The third kappa shape index (κ3) is 6.18. The predicted molar refractivity (Wildman–Crippen MR) is 146 cm³/mol. The molecule has 4 rings (SSSR count). The fourth-order valence-electron chi connectivity index (χ4n) is 5.45. The molecule has 8 nitrogen and oxygen atoms in total. The van der Waals surface area contributed by atoms with Gasteiger partial charge in [-0.05, 0) is 61.6 Å². The van der Waals surface area contributed by atoms with Crippen molar-refractivity contribution in [1.82, 2.24) is 9.21 Å². The van der Waals surface area contributed by atoms with Crippen molar-refractivity contribution in [3.05, 3.63) is 69.7 Å². The van der Waals surface area contributed by atoms with E-state index in [4.69, 9.17) is 27.9 Å². The summed E-state index contributed by atoms with van der Waals surface area (Å²) in [5.74, 6) is -2.02. The Kier molecular flexibility index (Phi) is 9.04. The summed E-state index contributed by atoms with van der Waals surface area (Å²) in [6.45, 7) is 4.17. The molecule has 0 bridgehead atoms. The number of carbonyl (C=O) groups excluding carboxylic acids is 1. The van der Waals surface area contributed by atoms with Crippen LogP contribution in [-0.4, -0.2) is 65.1 Å². The van der Waals surface area contributed by atoms with Gasteiger partial charge in [0.2, 0.25) is 10.0 Å². The standard InChI is InChI=1S/C27H32Cl2N2O6S/c1-3-22(16-38(35,36)30-13-5-6-17(30)2)31-25(18-9-11-20(28)12-10-18)26(19-7-4-8-21(29)14-19)37-23(27(31)34)15-24(32)33/h4,7-12,14,17,22-23,25-26H,3,5-6,13,15-16H2,1-2H3,(H,32,33)/t17-,22+,23+,25-,26-/m1/s1. The average Bonchev–Trinajstić information content (AvgIpc) is 3.31. The van der Waals surface area contributed by atoms with Crippen molar-refractivity contribution in [2.75, 3.05) is 12.3 Å². The van der Waals surface area contributed by atoms with Crippen molar-refractivity contribution < 1.29 is 27.9 Å². The highest BCUT2D eigenvalue weighted by molar-refractivity contribution is 7.89. The fourth-order valence-corrected chi connectivity index (χ4v) is 7.91. The van der Waals surface area contributed by atoms with E-state index in [0.717, 1.165) is 12.8 Å². The van der Waals surface area contributed by atoms with Crippen LogP contribution in [0.5, 0.6) is 0 Å². The lowest BCUT2D eigenvalue weighted by atomic mass is 9.89. The highest BCUT2D eigenvalue weighted by Gasteiger charge is 2.48. The van der Waals surface area contributed by atoms with Crippen LogP contribution in [0.4, 0.5) is 0 Å². The zero-order valence-corrected chi connectivity index (χ0v) is 23.6. The molecule has 2 saturated heterocycles. The van der Waals surface area contributed by atoms with Crippen molar-refractivity contribution in [1.29, 1.82) is 0 Å². The number of carbonyl (C=O) groups is 2. The summed E-state index contributed by atoms with van der Waals surface area (Å²) in [5, 5.41) is 10.5. The van der Waals surface area contributed by atoms with E-state index in [2.05, 4.69) is 0 Å². The molecule has 0 spiro atoms. The van der Waals surface area contributed by atoms with Gasteiger partial charge in [0, 0.05) is 28.7 Å². The van der Waals surface area contributed by atoms with Gasteiger partial charge in [-0.3, -0.25) is 9.59 Å². The molecule has 2 aromatic carbocycles. The molecule has 11 heteroatoms. The lowest BCUT2D eigenvalue weighted by Crippen LogP contribution is -2.57. The molecular weight excluding hydrogens is 551 g/mol. The first-order valence-electron chi connectivity index (χ1n) is 12.7. The molecule has 0 saturated carbocycles. The second-order valence-electron chi connectivity index (χ2n) is 9.88. The Balaban J connectivity index is 1.83. The Morgan fingerprint density at radius 1 is 1.13 bits per heavy atom. The van der Waals surface area contributed by atoms with Gasteiger partial charge in [0.05, 0.1) is 18.2 Å². The summed E-state index contributed by atoms with van der Waals surface area (Å²) in [7, 11) is -3.69. The average molecular weight is 584 g/mol. The van der Waals surface area contributed by atoms with Crippen molar-refractivity contribution in [2.24, 2.45) is 0 Å². The minimum Gasteiger partial charge on any atom is -0.481 e. The summed E-state index contributed by atoms with van der Waals surface area (Å²) in [6.07, 6.45) is -0.705. The first kappa shape index (κ1) is 28.8. The number of carboxylic acid groups (broad SMARTS) is 1. The van der Waals surface area contributed by atoms with Crippen molar-refractivity contribution in [3.8, 4) is 0 Å². The number of ether oxygens (including phenoxy) is 1. The SMILES string of the molecule is CC[C@@H](CS(=O)(=O)N1CCC[C@H]1C)N1C(=O)[C@H](CC(=O)O)O[C@H](c2cccc(Cl)c2)[C@H]1c1ccc(Cl)cc1. The second-order valence-corrected chi connectivity index (χ2v) is 12.7. The highest BCUT2D eigenvalue weighted by Crippen LogP contribution is 2.45. The molecule has 0 aromatic heterocycles. The van der Waals surface area contributed by atoms with Crippen LogP contribution in [-0.2, 0) is 24.3 Å². The van der Waals surface area contributed by atoms with E-state index in [-0.39, 0.29) is 11.8 Å². The number of sulfonamides is 1. The van der Waals surface area contributed by atoms with E-state index in [9.17, 15) is 23.1 Å². The van der Waals surface area contributed by atoms with E-state index < -0.39 is 52.6 Å².